The van der Waals surface area contributed by atoms with Crippen LogP contribution in [0.2, 0.25) is 0 Å². The Labute approximate surface area is 206 Å². The first-order chi connectivity index (χ1) is 17.1. The maximum atomic E-state index is 12.3. The highest BCUT2D eigenvalue weighted by atomic mass is 16.5. The number of likely N-dealkylation sites (tertiary alicyclic amines) is 1. The van der Waals surface area contributed by atoms with Crippen molar-refractivity contribution in [2.45, 2.75) is 38.6 Å². The third kappa shape index (κ3) is 6.76. The fourth-order valence-corrected chi connectivity index (χ4v) is 4.39. The first kappa shape index (κ1) is 24.6. The first-order valence-corrected chi connectivity index (χ1v) is 12.3. The number of aromatic nitrogens is 1. The predicted molar refractivity (Wildman–Crippen MR) is 132 cm³/mol. The van der Waals surface area contributed by atoms with Crippen molar-refractivity contribution in [3.05, 3.63) is 71.4 Å². The second-order valence-electron chi connectivity index (χ2n) is 8.84. The van der Waals surface area contributed by atoms with E-state index in [1.54, 1.807) is 30.5 Å². The molecule has 0 spiro atoms. The van der Waals surface area contributed by atoms with Gasteiger partial charge in [-0.2, -0.15) is 0 Å². The van der Waals surface area contributed by atoms with Crippen LogP contribution in [0.4, 0.5) is 0 Å². The van der Waals surface area contributed by atoms with Gasteiger partial charge in [-0.25, -0.2) is 4.98 Å². The van der Waals surface area contributed by atoms with Gasteiger partial charge in [-0.1, -0.05) is 24.6 Å². The van der Waals surface area contributed by atoms with E-state index in [9.17, 15) is 14.4 Å². The Morgan fingerprint density at radius 1 is 1.03 bits per heavy atom. The average Bonchev–Trinajstić information content (AvgIpc) is 3.12. The summed E-state index contributed by atoms with van der Waals surface area (Å²) >= 11 is 0. The van der Waals surface area contributed by atoms with Crippen LogP contribution in [-0.2, 0) is 11.3 Å². The highest BCUT2D eigenvalue weighted by Crippen LogP contribution is 2.22. The number of rotatable bonds is 11. The summed E-state index contributed by atoms with van der Waals surface area (Å²) in [5, 5.41) is 2.81. The SMILES string of the molecule is O=C(CCCN1C(=O)c2ccccc2C1=O)NC/C=C\COc1cc(CN2CCCCC2)ccn1. The number of hydrogen-bond acceptors (Lipinski definition) is 6. The molecular weight excluding hydrogens is 444 g/mol. The summed E-state index contributed by atoms with van der Waals surface area (Å²) in [6.45, 7) is 4.21. The zero-order chi connectivity index (χ0) is 24.5. The Balaban J connectivity index is 1.10. The zero-order valence-electron chi connectivity index (χ0n) is 19.9. The molecule has 0 radical (unpaired) electrons. The lowest BCUT2D eigenvalue weighted by Crippen LogP contribution is -2.32. The summed E-state index contributed by atoms with van der Waals surface area (Å²) < 4.78 is 5.71. The van der Waals surface area contributed by atoms with Crippen molar-refractivity contribution in [1.82, 2.24) is 20.1 Å². The summed E-state index contributed by atoms with van der Waals surface area (Å²) in [5.74, 6) is -0.110. The number of imide groups is 1. The monoisotopic (exact) mass is 476 g/mol. The number of pyridine rings is 1. The van der Waals surface area contributed by atoms with Gasteiger partial charge in [-0.05, 0) is 62.2 Å². The Morgan fingerprint density at radius 2 is 1.77 bits per heavy atom. The molecule has 2 aromatic rings. The number of ether oxygens (including phenoxy) is 1. The third-order valence-corrected chi connectivity index (χ3v) is 6.23. The van der Waals surface area contributed by atoms with E-state index >= 15 is 0 Å². The standard InChI is InChI=1S/C27H32N4O4/c32-24(11-8-17-31-26(33)22-9-2-3-10-23(22)27(31)34)28-13-4-7-18-35-25-19-21(12-14-29-25)20-30-15-5-1-6-16-30/h2-4,7,9-10,12,14,19H,1,5-6,8,11,13,15-18,20H2,(H,28,32)/b7-4-. The van der Waals surface area contributed by atoms with Crippen molar-refractivity contribution >= 4 is 17.7 Å². The largest absolute Gasteiger partial charge is 0.473 e. The van der Waals surface area contributed by atoms with Crippen LogP contribution in [0.25, 0.3) is 0 Å². The van der Waals surface area contributed by atoms with Crippen LogP contribution in [0.15, 0.2) is 54.7 Å². The number of nitrogens with zero attached hydrogens (tertiary/aromatic N) is 3. The normalized spacial score (nSPS) is 16.1. The molecule has 0 unspecified atom stereocenters. The zero-order valence-corrected chi connectivity index (χ0v) is 19.9. The van der Waals surface area contributed by atoms with Crippen LogP contribution < -0.4 is 10.1 Å². The van der Waals surface area contributed by atoms with Crippen LogP contribution >= 0.6 is 0 Å². The molecule has 3 amide bonds. The lowest BCUT2D eigenvalue weighted by Gasteiger charge is -2.26. The van der Waals surface area contributed by atoms with Crippen LogP contribution in [0.3, 0.4) is 0 Å². The third-order valence-electron chi connectivity index (χ3n) is 6.23. The average molecular weight is 477 g/mol. The Kier molecular flexibility index (Phi) is 8.62. The minimum atomic E-state index is -0.291. The predicted octanol–water partition coefficient (Wildman–Crippen LogP) is 3.20. The summed E-state index contributed by atoms with van der Waals surface area (Å²) in [7, 11) is 0. The number of carbonyl (C=O) groups excluding carboxylic acids is 3. The Morgan fingerprint density at radius 3 is 2.51 bits per heavy atom. The van der Waals surface area contributed by atoms with Crippen molar-refractivity contribution in [2.24, 2.45) is 0 Å². The molecule has 2 aliphatic rings. The van der Waals surface area contributed by atoms with Gasteiger partial charge in [0.2, 0.25) is 11.8 Å². The molecule has 1 aromatic carbocycles. The van der Waals surface area contributed by atoms with Crippen molar-refractivity contribution in [3.63, 3.8) is 0 Å². The maximum Gasteiger partial charge on any atom is 0.261 e. The fraction of sp³-hybridized carbons (Fsp3) is 0.407. The molecule has 1 saturated heterocycles. The molecule has 8 heteroatoms. The van der Waals surface area contributed by atoms with E-state index < -0.39 is 0 Å². The molecular formula is C27H32N4O4. The Hall–Kier alpha value is -3.52. The number of carbonyl (C=O) groups is 3. The molecule has 3 heterocycles. The number of benzene rings is 1. The van der Waals surface area contributed by atoms with Gasteiger partial charge in [0.25, 0.3) is 11.8 Å². The molecule has 1 N–H and O–H groups in total. The highest BCUT2D eigenvalue weighted by molar-refractivity contribution is 6.21. The summed E-state index contributed by atoms with van der Waals surface area (Å²) in [6, 6.07) is 10.8. The highest BCUT2D eigenvalue weighted by Gasteiger charge is 2.34. The second-order valence-corrected chi connectivity index (χ2v) is 8.84. The summed E-state index contributed by atoms with van der Waals surface area (Å²) in [5.41, 5.74) is 2.06. The maximum absolute atomic E-state index is 12.3. The van der Waals surface area contributed by atoms with Gasteiger partial charge >= 0.3 is 0 Å². The number of amides is 3. The molecule has 2 aliphatic heterocycles. The van der Waals surface area contributed by atoms with Gasteiger partial charge in [0.1, 0.15) is 6.61 Å². The molecule has 1 fully saturated rings. The van der Waals surface area contributed by atoms with Gasteiger partial charge in [-0.3, -0.25) is 24.2 Å². The fourth-order valence-electron chi connectivity index (χ4n) is 4.39. The van der Waals surface area contributed by atoms with E-state index in [2.05, 4.69) is 15.2 Å². The van der Waals surface area contributed by atoms with Crippen molar-refractivity contribution < 1.29 is 19.1 Å². The van der Waals surface area contributed by atoms with Gasteiger partial charge in [-0.15, -0.1) is 0 Å². The van der Waals surface area contributed by atoms with E-state index in [1.807, 2.05) is 24.3 Å². The van der Waals surface area contributed by atoms with Crippen molar-refractivity contribution in [1.29, 1.82) is 0 Å². The molecule has 1 aromatic heterocycles. The van der Waals surface area contributed by atoms with E-state index in [0.29, 0.717) is 36.6 Å². The molecule has 8 nitrogen and oxygen atoms in total. The Bertz CT molecular complexity index is 1040. The van der Waals surface area contributed by atoms with Crippen LogP contribution in [0.1, 0.15) is 58.4 Å². The minimum Gasteiger partial charge on any atom is -0.473 e. The summed E-state index contributed by atoms with van der Waals surface area (Å²) in [6.07, 6.45) is 9.97. The van der Waals surface area contributed by atoms with Gasteiger partial charge < -0.3 is 10.1 Å². The van der Waals surface area contributed by atoms with Gasteiger partial charge in [0.15, 0.2) is 0 Å². The molecule has 0 atom stereocenters. The van der Waals surface area contributed by atoms with E-state index in [-0.39, 0.29) is 30.7 Å². The lowest BCUT2D eigenvalue weighted by molar-refractivity contribution is -0.121. The molecule has 0 aliphatic carbocycles. The minimum absolute atomic E-state index is 0.126. The van der Waals surface area contributed by atoms with Crippen molar-refractivity contribution in [3.8, 4) is 5.88 Å². The van der Waals surface area contributed by atoms with Crippen LogP contribution in [0.5, 0.6) is 5.88 Å². The quantitative estimate of drug-likeness (QED) is 0.396. The van der Waals surface area contributed by atoms with Crippen molar-refractivity contribution in [2.75, 3.05) is 32.8 Å². The van der Waals surface area contributed by atoms with Gasteiger partial charge in [0, 0.05) is 38.3 Å². The number of hydrogen-bond donors (Lipinski definition) is 1. The first-order valence-electron chi connectivity index (χ1n) is 12.3. The lowest BCUT2D eigenvalue weighted by atomic mass is 10.1. The molecule has 184 valence electrons. The van der Waals surface area contributed by atoms with Crippen LogP contribution in [-0.4, -0.2) is 65.3 Å². The summed E-state index contributed by atoms with van der Waals surface area (Å²) in [4.78, 5) is 44.7. The number of fused-ring (bicyclic) bond motifs is 1. The van der Waals surface area contributed by atoms with Gasteiger partial charge in [0.05, 0.1) is 11.1 Å². The molecule has 0 saturated carbocycles. The number of piperidine rings is 1. The molecule has 0 bridgehead atoms. The second kappa shape index (κ2) is 12.3. The molecule has 35 heavy (non-hydrogen) atoms. The van der Waals surface area contributed by atoms with E-state index in [1.165, 1.54) is 29.7 Å². The number of nitrogens with one attached hydrogen (secondary N) is 1. The smallest absolute Gasteiger partial charge is 0.261 e. The molecule has 4 rings (SSSR count). The topological polar surface area (TPSA) is 91.8 Å². The van der Waals surface area contributed by atoms with E-state index in [4.69, 9.17) is 4.74 Å². The van der Waals surface area contributed by atoms with E-state index in [0.717, 1.165) is 19.6 Å². The van der Waals surface area contributed by atoms with Crippen LogP contribution in [0, 0.1) is 0 Å².